The molecule has 1 amide bonds. The third-order valence-corrected chi connectivity index (χ3v) is 3.94. The fraction of sp³-hybridized carbons (Fsp3) is 0. The number of carbonyl (C=O) groups excluding carboxylic acids is 1. The smallest absolute Gasteiger partial charge is 0.305 e. The van der Waals surface area contributed by atoms with Crippen molar-refractivity contribution in [2.24, 2.45) is 5.14 Å². The maximum absolute atomic E-state index is 11.8. The van der Waals surface area contributed by atoms with Crippen molar-refractivity contribution in [2.75, 3.05) is 5.43 Å². The van der Waals surface area contributed by atoms with Gasteiger partial charge in [0.15, 0.2) is 10.4 Å². The molecular formula is C11H9BrN4O6S. The van der Waals surface area contributed by atoms with Gasteiger partial charge in [0.25, 0.3) is 5.69 Å². The molecule has 0 radical (unpaired) electrons. The molecule has 12 heteroatoms. The van der Waals surface area contributed by atoms with E-state index in [0.717, 1.165) is 18.2 Å². The van der Waals surface area contributed by atoms with Gasteiger partial charge in [0.1, 0.15) is 5.69 Å². The van der Waals surface area contributed by atoms with Crippen LogP contribution in [0.15, 0.2) is 44.3 Å². The molecule has 0 aliphatic carbocycles. The molecule has 4 N–H and O–H groups in total. The lowest BCUT2D eigenvalue weighted by molar-refractivity contribution is -0.384. The first kappa shape index (κ1) is 16.9. The number of rotatable bonds is 5. The zero-order valence-corrected chi connectivity index (χ0v) is 13.5. The minimum atomic E-state index is -4.09. The number of nitrogens with two attached hydrogens (primary N) is 1. The van der Waals surface area contributed by atoms with Crippen molar-refractivity contribution in [3.63, 3.8) is 0 Å². The molecule has 0 saturated carbocycles. The van der Waals surface area contributed by atoms with Crippen molar-refractivity contribution in [1.29, 1.82) is 0 Å². The average molecular weight is 405 g/mol. The summed E-state index contributed by atoms with van der Waals surface area (Å²) in [7, 11) is -4.09. The number of halogens is 1. The van der Waals surface area contributed by atoms with Crippen molar-refractivity contribution in [1.82, 2.24) is 5.43 Å². The molecule has 2 rings (SSSR count). The second-order valence-corrected chi connectivity index (χ2v) is 6.51. The van der Waals surface area contributed by atoms with Gasteiger partial charge in [0.05, 0.1) is 9.82 Å². The Morgan fingerprint density at radius 2 is 2.00 bits per heavy atom. The van der Waals surface area contributed by atoms with Gasteiger partial charge in [-0.2, -0.15) is 0 Å². The van der Waals surface area contributed by atoms with Gasteiger partial charge in [-0.15, -0.1) is 0 Å². The third kappa shape index (κ3) is 4.06. The first-order valence-electron chi connectivity index (χ1n) is 5.81. The molecule has 0 unspecified atom stereocenters. The largest absolute Gasteiger partial charge is 0.444 e. The van der Waals surface area contributed by atoms with Crippen LogP contribution < -0.4 is 16.0 Å². The van der Waals surface area contributed by atoms with Crippen LogP contribution in [0.1, 0.15) is 10.6 Å². The molecule has 1 heterocycles. The van der Waals surface area contributed by atoms with E-state index in [-0.39, 0.29) is 11.4 Å². The van der Waals surface area contributed by atoms with Gasteiger partial charge < -0.3 is 4.42 Å². The maximum Gasteiger partial charge on any atom is 0.305 e. The Hall–Kier alpha value is -2.44. The first-order chi connectivity index (χ1) is 10.7. The highest BCUT2D eigenvalue weighted by Gasteiger charge is 2.20. The van der Waals surface area contributed by atoms with Gasteiger partial charge in [0.2, 0.25) is 10.0 Å². The van der Waals surface area contributed by atoms with Crippen molar-refractivity contribution in [3.05, 3.63) is 50.9 Å². The Bertz CT molecular complexity index is 878. The van der Waals surface area contributed by atoms with Crippen molar-refractivity contribution >= 4 is 43.2 Å². The van der Waals surface area contributed by atoms with Crippen LogP contribution in [0.3, 0.4) is 0 Å². The Kier molecular flexibility index (Phi) is 4.68. The summed E-state index contributed by atoms with van der Waals surface area (Å²) in [5, 5.41) is 15.9. The van der Waals surface area contributed by atoms with Crippen LogP contribution in [0.4, 0.5) is 11.4 Å². The van der Waals surface area contributed by atoms with Crippen molar-refractivity contribution < 1.29 is 22.6 Å². The molecule has 0 spiro atoms. The first-order valence-corrected chi connectivity index (χ1v) is 8.15. The van der Waals surface area contributed by atoms with E-state index >= 15 is 0 Å². The van der Waals surface area contributed by atoms with Crippen LogP contribution in [0.5, 0.6) is 0 Å². The Labute approximate surface area is 138 Å². The number of benzene rings is 1. The molecule has 0 bridgehead atoms. The molecule has 1 aromatic heterocycles. The molecule has 2 aromatic rings. The van der Waals surface area contributed by atoms with Gasteiger partial charge in [-0.05, 0) is 40.2 Å². The summed E-state index contributed by atoms with van der Waals surface area (Å²) in [6.45, 7) is 0. The van der Waals surface area contributed by atoms with Gasteiger partial charge >= 0.3 is 5.91 Å². The number of nitro benzene ring substituents is 1. The monoisotopic (exact) mass is 404 g/mol. The van der Waals surface area contributed by atoms with Gasteiger partial charge in [-0.1, -0.05) is 0 Å². The van der Waals surface area contributed by atoms with E-state index in [2.05, 4.69) is 26.8 Å². The van der Waals surface area contributed by atoms with E-state index in [1.54, 1.807) is 0 Å². The Balaban J connectivity index is 2.22. The van der Waals surface area contributed by atoms with E-state index in [1.165, 1.54) is 12.1 Å². The van der Waals surface area contributed by atoms with Gasteiger partial charge in [-0.3, -0.25) is 25.8 Å². The highest BCUT2D eigenvalue weighted by Crippen LogP contribution is 2.26. The van der Waals surface area contributed by atoms with Gasteiger partial charge in [0, 0.05) is 6.07 Å². The second-order valence-electron chi connectivity index (χ2n) is 4.16. The number of nitro groups is 1. The molecule has 1 aromatic carbocycles. The molecule has 0 aliphatic heterocycles. The van der Waals surface area contributed by atoms with Crippen LogP contribution in [-0.2, 0) is 10.0 Å². The number of furan rings is 1. The number of anilines is 1. The highest BCUT2D eigenvalue weighted by molar-refractivity contribution is 9.10. The van der Waals surface area contributed by atoms with Crippen LogP contribution in [0, 0.1) is 10.1 Å². The van der Waals surface area contributed by atoms with Crippen LogP contribution in [0.25, 0.3) is 0 Å². The summed E-state index contributed by atoms with van der Waals surface area (Å²) in [5.41, 5.74) is 3.83. The fourth-order valence-electron chi connectivity index (χ4n) is 1.57. The zero-order chi connectivity index (χ0) is 17.2. The number of amides is 1. The van der Waals surface area contributed by atoms with Crippen LogP contribution in [-0.4, -0.2) is 19.2 Å². The van der Waals surface area contributed by atoms with E-state index in [4.69, 9.17) is 9.56 Å². The number of hydrazine groups is 1. The van der Waals surface area contributed by atoms with E-state index in [0.29, 0.717) is 4.67 Å². The van der Waals surface area contributed by atoms with Crippen LogP contribution >= 0.6 is 15.9 Å². The quantitative estimate of drug-likeness (QED) is 0.500. The predicted octanol–water partition coefficient (Wildman–Crippen LogP) is 1.35. The number of nitrogens with zero attached hydrogens (tertiary/aromatic N) is 1. The lowest BCUT2D eigenvalue weighted by atomic mass is 10.3. The summed E-state index contributed by atoms with van der Waals surface area (Å²) in [6, 6.07) is 5.85. The third-order valence-electron chi connectivity index (χ3n) is 2.60. The number of primary sulfonamides is 1. The molecule has 122 valence electrons. The van der Waals surface area contributed by atoms with E-state index in [9.17, 15) is 23.3 Å². The number of sulfonamides is 1. The second kappa shape index (κ2) is 6.36. The van der Waals surface area contributed by atoms with Crippen molar-refractivity contribution in [2.45, 2.75) is 4.90 Å². The molecule has 0 atom stereocenters. The minimum Gasteiger partial charge on any atom is -0.444 e. The summed E-state index contributed by atoms with van der Waals surface area (Å²) in [6.07, 6.45) is 0. The number of hydrogen-bond acceptors (Lipinski definition) is 7. The standard InChI is InChI=1S/C11H9BrN4O6S/c12-10-4-3-9(22-10)11(17)15-14-7-2-1-6(23(13,20)21)5-8(7)16(18)19/h1-5,14H,(H,15,17)(H2,13,20,21). The Morgan fingerprint density at radius 3 is 2.52 bits per heavy atom. The number of nitrogens with one attached hydrogen (secondary N) is 2. The minimum absolute atomic E-state index is 0.0341. The molecule has 23 heavy (non-hydrogen) atoms. The van der Waals surface area contributed by atoms with Gasteiger partial charge in [-0.25, -0.2) is 13.6 Å². The van der Waals surface area contributed by atoms with E-state index in [1.807, 2.05) is 0 Å². The van der Waals surface area contributed by atoms with Crippen molar-refractivity contribution in [3.8, 4) is 0 Å². The summed E-state index contributed by atoms with van der Waals surface area (Å²) in [5.74, 6) is -0.714. The average Bonchev–Trinajstić information content (AvgIpc) is 2.90. The lowest BCUT2D eigenvalue weighted by Gasteiger charge is -2.08. The highest BCUT2D eigenvalue weighted by atomic mass is 79.9. The topological polar surface area (TPSA) is 158 Å². The normalized spacial score (nSPS) is 11.0. The molecule has 10 nitrogen and oxygen atoms in total. The molecule has 0 fully saturated rings. The van der Waals surface area contributed by atoms with Crippen LogP contribution in [0.2, 0.25) is 0 Å². The van der Waals surface area contributed by atoms with E-state index < -0.39 is 31.4 Å². The maximum atomic E-state index is 11.8. The lowest BCUT2D eigenvalue weighted by Crippen LogP contribution is -2.29. The summed E-state index contributed by atoms with van der Waals surface area (Å²) >= 11 is 3.03. The molecular weight excluding hydrogens is 396 g/mol. The number of carbonyl (C=O) groups is 1. The predicted molar refractivity (Wildman–Crippen MR) is 82.0 cm³/mol. The zero-order valence-electron chi connectivity index (χ0n) is 11.1. The molecule has 0 aliphatic rings. The summed E-state index contributed by atoms with van der Waals surface area (Å²) < 4.78 is 27.8. The number of hydrogen-bond donors (Lipinski definition) is 3. The SMILES string of the molecule is NS(=O)(=O)c1ccc(NNC(=O)c2ccc(Br)o2)c([N+](=O)[O-])c1. The molecule has 0 saturated heterocycles. The fourth-order valence-corrected chi connectivity index (χ4v) is 2.41. The summed E-state index contributed by atoms with van der Waals surface area (Å²) in [4.78, 5) is 21.5. The Morgan fingerprint density at radius 1 is 1.30 bits per heavy atom.